The SMILES string of the molecule is C=CCSc1nc(N)c(C(=O)Nc2ccccc2)cc1C(=O)Nc1ccccc1. The Bertz CT molecular complexity index is 1020. The fourth-order valence-electron chi connectivity index (χ4n) is 2.54. The number of hydrogen-bond donors (Lipinski definition) is 3. The highest BCUT2D eigenvalue weighted by Gasteiger charge is 2.20. The summed E-state index contributed by atoms with van der Waals surface area (Å²) in [6, 6.07) is 19.5. The van der Waals surface area contributed by atoms with Crippen LogP contribution in [-0.2, 0) is 0 Å². The number of carbonyl (C=O) groups is 2. The first-order chi connectivity index (χ1) is 14.1. The molecule has 3 rings (SSSR count). The minimum absolute atomic E-state index is 0.0567. The number of thioether (sulfide) groups is 1. The molecule has 0 atom stereocenters. The number of para-hydroxylation sites is 2. The molecule has 1 heterocycles. The van der Waals surface area contributed by atoms with Gasteiger partial charge in [-0.05, 0) is 30.3 Å². The van der Waals surface area contributed by atoms with E-state index >= 15 is 0 Å². The molecule has 2 amide bonds. The molecular weight excluding hydrogens is 384 g/mol. The lowest BCUT2D eigenvalue weighted by molar-refractivity contribution is 0.102. The molecule has 0 unspecified atom stereocenters. The zero-order chi connectivity index (χ0) is 20.6. The van der Waals surface area contributed by atoms with Gasteiger partial charge in [-0.2, -0.15) is 0 Å². The maximum Gasteiger partial charge on any atom is 0.259 e. The largest absolute Gasteiger partial charge is 0.383 e. The summed E-state index contributed by atoms with van der Waals surface area (Å²) in [5, 5.41) is 6.02. The van der Waals surface area contributed by atoms with E-state index in [1.165, 1.54) is 17.8 Å². The summed E-state index contributed by atoms with van der Waals surface area (Å²) in [7, 11) is 0. The maximum absolute atomic E-state index is 12.9. The smallest absolute Gasteiger partial charge is 0.259 e. The van der Waals surface area contributed by atoms with Crippen LogP contribution in [0.5, 0.6) is 0 Å². The Morgan fingerprint density at radius 2 is 1.45 bits per heavy atom. The van der Waals surface area contributed by atoms with Gasteiger partial charge in [0.05, 0.1) is 11.1 Å². The molecule has 6 nitrogen and oxygen atoms in total. The summed E-state index contributed by atoms with van der Waals surface area (Å²) in [6.45, 7) is 3.69. The van der Waals surface area contributed by atoms with Crippen LogP contribution in [0.25, 0.3) is 0 Å². The fourth-order valence-corrected chi connectivity index (χ4v) is 3.29. The number of anilines is 3. The van der Waals surface area contributed by atoms with E-state index in [9.17, 15) is 9.59 Å². The third-order valence-electron chi connectivity index (χ3n) is 3.91. The Hall–Kier alpha value is -3.58. The predicted octanol–water partition coefficient (Wildman–Crippen LogP) is 4.45. The lowest BCUT2D eigenvalue weighted by atomic mass is 10.1. The van der Waals surface area contributed by atoms with Crippen LogP contribution in [0, 0.1) is 0 Å². The second-order valence-electron chi connectivity index (χ2n) is 6.01. The van der Waals surface area contributed by atoms with Crippen molar-refractivity contribution in [3.05, 3.63) is 90.5 Å². The minimum atomic E-state index is -0.435. The van der Waals surface area contributed by atoms with Crippen molar-refractivity contribution in [3.63, 3.8) is 0 Å². The number of aromatic nitrogens is 1. The standard InChI is InChI=1S/C22H20N4O2S/c1-2-13-29-22-18(21(28)25-16-11-7-4-8-12-16)14-17(19(23)26-22)20(27)24-15-9-5-3-6-10-15/h2-12,14H,1,13H2,(H2,23,26)(H,24,27)(H,25,28). The molecular formula is C22H20N4O2S. The quantitative estimate of drug-likeness (QED) is 0.399. The van der Waals surface area contributed by atoms with Gasteiger partial charge in [0.2, 0.25) is 0 Å². The summed E-state index contributed by atoms with van der Waals surface area (Å²) in [4.78, 5) is 29.9. The third-order valence-corrected chi connectivity index (χ3v) is 4.89. The molecule has 4 N–H and O–H groups in total. The van der Waals surface area contributed by atoms with E-state index in [1.54, 1.807) is 30.3 Å². The van der Waals surface area contributed by atoms with Crippen molar-refractivity contribution in [2.45, 2.75) is 5.03 Å². The second-order valence-corrected chi connectivity index (χ2v) is 7.02. The van der Waals surface area contributed by atoms with Gasteiger partial charge in [-0.3, -0.25) is 9.59 Å². The van der Waals surface area contributed by atoms with Crippen LogP contribution in [0.2, 0.25) is 0 Å². The van der Waals surface area contributed by atoms with Gasteiger partial charge in [-0.15, -0.1) is 18.3 Å². The average molecular weight is 404 g/mol. The van der Waals surface area contributed by atoms with Gasteiger partial charge in [0.1, 0.15) is 10.8 Å². The van der Waals surface area contributed by atoms with Crippen LogP contribution >= 0.6 is 11.8 Å². The zero-order valence-corrected chi connectivity index (χ0v) is 16.4. The van der Waals surface area contributed by atoms with E-state index in [1.807, 2.05) is 36.4 Å². The normalized spacial score (nSPS) is 10.2. The topological polar surface area (TPSA) is 97.1 Å². The first-order valence-electron chi connectivity index (χ1n) is 8.85. The van der Waals surface area contributed by atoms with Crippen LogP contribution in [0.15, 0.2) is 84.4 Å². The molecule has 0 spiro atoms. The molecule has 0 fully saturated rings. The maximum atomic E-state index is 12.9. The van der Waals surface area contributed by atoms with E-state index in [-0.39, 0.29) is 22.9 Å². The van der Waals surface area contributed by atoms with Crippen LogP contribution < -0.4 is 16.4 Å². The lowest BCUT2D eigenvalue weighted by Crippen LogP contribution is -2.19. The molecule has 3 aromatic rings. The molecule has 0 aliphatic carbocycles. The number of amides is 2. The van der Waals surface area contributed by atoms with E-state index in [2.05, 4.69) is 22.2 Å². The molecule has 0 aliphatic heterocycles. The van der Waals surface area contributed by atoms with Crippen LogP contribution in [0.3, 0.4) is 0 Å². The second kappa shape index (κ2) is 9.57. The molecule has 1 aromatic heterocycles. The Labute approximate surface area is 173 Å². The van der Waals surface area contributed by atoms with Gasteiger partial charge >= 0.3 is 0 Å². The van der Waals surface area contributed by atoms with E-state index in [0.29, 0.717) is 22.2 Å². The molecule has 0 radical (unpaired) electrons. The van der Waals surface area contributed by atoms with E-state index in [0.717, 1.165) is 0 Å². The number of benzene rings is 2. The number of carbonyl (C=O) groups excluding carboxylic acids is 2. The Balaban J connectivity index is 1.93. The number of nitrogens with two attached hydrogens (primary N) is 1. The number of nitrogen functional groups attached to an aromatic ring is 1. The molecule has 0 saturated carbocycles. The van der Waals surface area contributed by atoms with Gasteiger partial charge < -0.3 is 16.4 Å². The van der Waals surface area contributed by atoms with Gasteiger partial charge in [0.15, 0.2) is 0 Å². The molecule has 7 heteroatoms. The Kier molecular flexibility index (Phi) is 6.65. The molecule has 146 valence electrons. The van der Waals surface area contributed by atoms with Crippen molar-refractivity contribution in [1.82, 2.24) is 4.98 Å². The molecule has 29 heavy (non-hydrogen) atoms. The average Bonchev–Trinajstić information content (AvgIpc) is 2.73. The Morgan fingerprint density at radius 3 is 1.97 bits per heavy atom. The first kappa shape index (κ1) is 20.2. The van der Waals surface area contributed by atoms with Gasteiger partial charge in [-0.25, -0.2) is 4.98 Å². The van der Waals surface area contributed by atoms with Gasteiger partial charge in [-0.1, -0.05) is 42.5 Å². The fraction of sp³-hybridized carbons (Fsp3) is 0.0455. The molecule has 0 aliphatic rings. The van der Waals surface area contributed by atoms with Crippen molar-refractivity contribution in [1.29, 1.82) is 0 Å². The van der Waals surface area contributed by atoms with Crippen LogP contribution in [-0.4, -0.2) is 22.6 Å². The van der Waals surface area contributed by atoms with Crippen molar-refractivity contribution in [2.24, 2.45) is 0 Å². The van der Waals surface area contributed by atoms with E-state index < -0.39 is 5.91 Å². The van der Waals surface area contributed by atoms with Crippen LogP contribution in [0.4, 0.5) is 17.2 Å². The summed E-state index contributed by atoms with van der Waals surface area (Å²) in [6.07, 6.45) is 1.71. The van der Waals surface area contributed by atoms with Crippen molar-refractivity contribution in [3.8, 4) is 0 Å². The molecule has 0 bridgehead atoms. The molecule has 2 aromatic carbocycles. The highest BCUT2D eigenvalue weighted by atomic mass is 32.2. The van der Waals surface area contributed by atoms with Crippen molar-refractivity contribution in [2.75, 3.05) is 22.1 Å². The monoisotopic (exact) mass is 404 g/mol. The molecule has 0 saturated heterocycles. The van der Waals surface area contributed by atoms with Crippen molar-refractivity contribution < 1.29 is 9.59 Å². The summed E-state index contributed by atoms with van der Waals surface area (Å²) >= 11 is 1.32. The minimum Gasteiger partial charge on any atom is -0.383 e. The number of nitrogens with one attached hydrogen (secondary N) is 2. The van der Waals surface area contributed by atoms with Gasteiger partial charge in [0.25, 0.3) is 11.8 Å². The summed E-state index contributed by atoms with van der Waals surface area (Å²) in [5.74, 6) is -0.200. The summed E-state index contributed by atoms with van der Waals surface area (Å²) in [5.41, 5.74) is 7.70. The van der Waals surface area contributed by atoms with Gasteiger partial charge in [0, 0.05) is 17.1 Å². The highest BCUT2D eigenvalue weighted by Crippen LogP contribution is 2.26. The number of hydrogen-bond acceptors (Lipinski definition) is 5. The lowest BCUT2D eigenvalue weighted by Gasteiger charge is -2.13. The summed E-state index contributed by atoms with van der Waals surface area (Å²) < 4.78 is 0. The predicted molar refractivity (Wildman–Crippen MR) is 118 cm³/mol. The number of pyridine rings is 1. The third kappa shape index (κ3) is 5.24. The highest BCUT2D eigenvalue weighted by molar-refractivity contribution is 7.99. The van der Waals surface area contributed by atoms with E-state index in [4.69, 9.17) is 5.73 Å². The first-order valence-corrected chi connectivity index (χ1v) is 9.84. The van der Waals surface area contributed by atoms with Crippen molar-refractivity contribution >= 4 is 40.8 Å². The van der Waals surface area contributed by atoms with Crippen LogP contribution in [0.1, 0.15) is 20.7 Å². The zero-order valence-electron chi connectivity index (χ0n) is 15.6. The Morgan fingerprint density at radius 1 is 0.931 bits per heavy atom. The number of nitrogens with zero attached hydrogens (tertiary/aromatic N) is 1. The number of rotatable bonds is 7.